The number of aliphatic hydroxyl groups excluding tert-OH is 1. The van der Waals surface area contributed by atoms with Crippen molar-refractivity contribution in [2.45, 2.75) is 26.4 Å². The van der Waals surface area contributed by atoms with Crippen molar-refractivity contribution in [1.29, 1.82) is 0 Å². The molecular formula is C8H19NOS. The summed E-state index contributed by atoms with van der Waals surface area (Å²) in [7, 11) is 0. The van der Waals surface area contributed by atoms with Crippen LogP contribution in [0, 0.1) is 0 Å². The van der Waals surface area contributed by atoms with Gasteiger partial charge in [-0.15, -0.1) is 0 Å². The quantitative estimate of drug-likeness (QED) is 0.571. The van der Waals surface area contributed by atoms with Gasteiger partial charge in [0, 0.05) is 12.3 Å². The fourth-order valence-electron chi connectivity index (χ4n) is 0.734. The minimum absolute atomic E-state index is 0.175. The lowest BCUT2D eigenvalue weighted by molar-refractivity contribution is 0.197. The van der Waals surface area contributed by atoms with Crippen molar-refractivity contribution >= 4 is 11.8 Å². The highest BCUT2D eigenvalue weighted by Crippen LogP contribution is 2.03. The molecule has 0 aliphatic rings. The molecule has 1 unspecified atom stereocenters. The highest BCUT2D eigenvalue weighted by atomic mass is 32.2. The second kappa shape index (κ2) is 8.37. The van der Waals surface area contributed by atoms with Gasteiger partial charge in [0.15, 0.2) is 0 Å². The second-order valence-corrected chi connectivity index (χ2v) is 3.69. The van der Waals surface area contributed by atoms with E-state index in [1.165, 1.54) is 6.42 Å². The molecule has 2 nitrogen and oxygen atoms in total. The number of thioether (sulfide) groups is 1. The summed E-state index contributed by atoms with van der Waals surface area (Å²) < 4.78 is 0. The van der Waals surface area contributed by atoms with Crippen LogP contribution in [0.25, 0.3) is 0 Å². The van der Waals surface area contributed by atoms with Gasteiger partial charge in [0.05, 0.1) is 6.10 Å². The van der Waals surface area contributed by atoms with E-state index in [1.54, 1.807) is 0 Å². The highest BCUT2D eigenvalue weighted by molar-refractivity contribution is 7.99. The Balaban J connectivity index is 3.02. The van der Waals surface area contributed by atoms with Crippen molar-refractivity contribution in [3.05, 3.63) is 0 Å². The van der Waals surface area contributed by atoms with Crippen LogP contribution in [0.3, 0.4) is 0 Å². The van der Waals surface area contributed by atoms with Gasteiger partial charge in [-0.05, 0) is 18.7 Å². The third-order valence-corrected chi connectivity index (χ3v) is 2.61. The summed E-state index contributed by atoms with van der Waals surface area (Å²) in [5.41, 5.74) is 0. The lowest BCUT2D eigenvalue weighted by Crippen LogP contribution is -2.28. The van der Waals surface area contributed by atoms with E-state index < -0.39 is 0 Å². The van der Waals surface area contributed by atoms with Gasteiger partial charge >= 0.3 is 0 Å². The van der Waals surface area contributed by atoms with Crippen LogP contribution < -0.4 is 5.32 Å². The first kappa shape index (κ1) is 11.3. The van der Waals surface area contributed by atoms with Crippen LogP contribution in [0.4, 0.5) is 0 Å². The summed E-state index contributed by atoms with van der Waals surface area (Å²) in [5, 5.41) is 12.4. The van der Waals surface area contributed by atoms with Crippen LogP contribution in [-0.2, 0) is 0 Å². The van der Waals surface area contributed by atoms with E-state index in [1.807, 2.05) is 18.7 Å². The normalized spacial score (nSPS) is 13.4. The molecule has 0 saturated carbocycles. The zero-order valence-electron chi connectivity index (χ0n) is 7.47. The predicted molar refractivity (Wildman–Crippen MR) is 52.2 cm³/mol. The average molecular weight is 177 g/mol. The maximum Gasteiger partial charge on any atom is 0.0754 e. The molecule has 3 heteroatoms. The molecule has 0 aliphatic heterocycles. The number of hydrogen-bond donors (Lipinski definition) is 2. The van der Waals surface area contributed by atoms with Crippen LogP contribution in [-0.4, -0.2) is 35.8 Å². The van der Waals surface area contributed by atoms with Gasteiger partial charge in [0.25, 0.3) is 0 Å². The second-order valence-electron chi connectivity index (χ2n) is 2.54. The zero-order chi connectivity index (χ0) is 8.53. The summed E-state index contributed by atoms with van der Waals surface area (Å²) in [6.07, 6.45) is 1.02. The maximum atomic E-state index is 9.32. The van der Waals surface area contributed by atoms with Gasteiger partial charge in [-0.1, -0.05) is 13.8 Å². The molecule has 0 aromatic heterocycles. The van der Waals surface area contributed by atoms with E-state index in [0.29, 0.717) is 0 Å². The summed E-state index contributed by atoms with van der Waals surface area (Å²) in [4.78, 5) is 0. The summed E-state index contributed by atoms with van der Waals surface area (Å²) >= 11 is 1.82. The number of rotatable bonds is 7. The molecule has 1 atom stereocenters. The smallest absolute Gasteiger partial charge is 0.0754 e. The van der Waals surface area contributed by atoms with Crippen LogP contribution >= 0.6 is 11.8 Å². The Kier molecular flexibility index (Phi) is 8.57. The van der Waals surface area contributed by atoms with Crippen LogP contribution in [0.1, 0.15) is 20.3 Å². The van der Waals surface area contributed by atoms with Gasteiger partial charge in [0.1, 0.15) is 0 Å². The Labute approximate surface area is 73.8 Å². The van der Waals surface area contributed by atoms with E-state index in [-0.39, 0.29) is 6.10 Å². The first-order valence-electron chi connectivity index (χ1n) is 4.27. The Bertz CT molecular complexity index is 80.5. The van der Waals surface area contributed by atoms with E-state index in [2.05, 4.69) is 12.2 Å². The van der Waals surface area contributed by atoms with Crippen molar-refractivity contribution in [1.82, 2.24) is 5.32 Å². The fraction of sp³-hybridized carbons (Fsp3) is 1.00. The molecule has 0 rings (SSSR count). The van der Waals surface area contributed by atoms with Gasteiger partial charge in [-0.3, -0.25) is 0 Å². The van der Waals surface area contributed by atoms with Crippen LogP contribution in [0.5, 0.6) is 0 Å². The van der Waals surface area contributed by atoms with Gasteiger partial charge in [-0.25, -0.2) is 0 Å². The molecule has 0 radical (unpaired) electrons. The maximum absolute atomic E-state index is 9.32. The Morgan fingerprint density at radius 1 is 1.45 bits per heavy atom. The van der Waals surface area contributed by atoms with Gasteiger partial charge in [0.2, 0.25) is 0 Å². The Hall–Kier alpha value is 0.270. The largest absolute Gasteiger partial charge is 0.391 e. The Morgan fingerprint density at radius 3 is 2.73 bits per heavy atom. The third kappa shape index (κ3) is 8.17. The molecule has 0 spiro atoms. The zero-order valence-corrected chi connectivity index (χ0v) is 8.28. The fourth-order valence-corrected chi connectivity index (χ4v) is 1.58. The van der Waals surface area contributed by atoms with E-state index in [4.69, 9.17) is 0 Å². The molecule has 0 saturated heterocycles. The van der Waals surface area contributed by atoms with Crippen molar-refractivity contribution in [3.8, 4) is 0 Å². The first-order valence-corrected chi connectivity index (χ1v) is 5.43. The Morgan fingerprint density at radius 2 is 2.18 bits per heavy atom. The SMILES string of the molecule is CCCSCC(O)CNCC. The first-order chi connectivity index (χ1) is 5.31. The molecule has 2 N–H and O–H groups in total. The minimum atomic E-state index is -0.175. The molecular weight excluding hydrogens is 158 g/mol. The van der Waals surface area contributed by atoms with Crippen LogP contribution in [0.15, 0.2) is 0 Å². The van der Waals surface area contributed by atoms with Crippen LogP contribution in [0.2, 0.25) is 0 Å². The average Bonchev–Trinajstić information content (AvgIpc) is 2.01. The molecule has 0 aliphatic carbocycles. The molecule has 11 heavy (non-hydrogen) atoms. The summed E-state index contributed by atoms with van der Waals surface area (Å²) in [5.74, 6) is 2.02. The standard InChI is InChI=1S/C8H19NOS/c1-3-5-11-7-8(10)6-9-4-2/h8-10H,3-7H2,1-2H3. The predicted octanol–water partition coefficient (Wildman–Crippen LogP) is 1.10. The molecule has 0 aromatic rings. The number of aliphatic hydroxyl groups is 1. The van der Waals surface area contributed by atoms with Crippen molar-refractivity contribution in [2.75, 3.05) is 24.6 Å². The molecule has 0 bridgehead atoms. The van der Waals surface area contributed by atoms with Crippen molar-refractivity contribution < 1.29 is 5.11 Å². The molecule has 68 valence electrons. The topological polar surface area (TPSA) is 32.3 Å². The lowest BCUT2D eigenvalue weighted by Gasteiger charge is -2.09. The van der Waals surface area contributed by atoms with E-state index >= 15 is 0 Å². The molecule has 0 fully saturated rings. The van der Waals surface area contributed by atoms with E-state index in [9.17, 15) is 5.11 Å². The van der Waals surface area contributed by atoms with Crippen molar-refractivity contribution in [3.63, 3.8) is 0 Å². The van der Waals surface area contributed by atoms with Gasteiger partial charge in [-0.2, -0.15) is 11.8 Å². The highest BCUT2D eigenvalue weighted by Gasteiger charge is 2.01. The monoisotopic (exact) mass is 177 g/mol. The minimum Gasteiger partial charge on any atom is -0.391 e. The lowest BCUT2D eigenvalue weighted by atomic mass is 10.4. The summed E-state index contributed by atoms with van der Waals surface area (Å²) in [6, 6.07) is 0. The number of likely N-dealkylation sites (N-methyl/N-ethyl adjacent to an activating group) is 1. The van der Waals surface area contributed by atoms with Gasteiger partial charge < -0.3 is 10.4 Å². The number of nitrogens with one attached hydrogen (secondary N) is 1. The molecule has 0 aromatic carbocycles. The summed E-state index contributed by atoms with van der Waals surface area (Å²) in [6.45, 7) is 5.87. The number of hydrogen-bond acceptors (Lipinski definition) is 3. The van der Waals surface area contributed by atoms with E-state index in [0.717, 1.165) is 24.6 Å². The molecule has 0 amide bonds. The molecule has 0 heterocycles. The van der Waals surface area contributed by atoms with Crippen molar-refractivity contribution in [2.24, 2.45) is 0 Å². The third-order valence-electron chi connectivity index (χ3n) is 1.29.